The smallest absolute Gasteiger partial charge is 0.194 e. The first-order valence-electron chi connectivity index (χ1n) is 5.72. The molecular weight excluding hydrogens is 238 g/mol. The molecule has 1 saturated heterocycles. The van der Waals surface area contributed by atoms with E-state index >= 15 is 0 Å². The molecule has 1 N–H and O–H groups in total. The van der Waals surface area contributed by atoms with Crippen LogP contribution in [0.1, 0.15) is 12.8 Å². The molecule has 5 nitrogen and oxygen atoms in total. The lowest BCUT2D eigenvalue weighted by molar-refractivity contribution is 0.0905. The number of thiazole rings is 1. The van der Waals surface area contributed by atoms with E-state index in [-0.39, 0.29) is 0 Å². The van der Waals surface area contributed by atoms with Crippen LogP contribution in [0.2, 0.25) is 0 Å². The number of rotatable bonds is 3. The second-order valence-corrected chi connectivity index (χ2v) is 5.09. The van der Waals surface area contributed by atoms with Gasteiger partial charge in [0.25, 0.3) is 0 Å². The highest BCUT2D eigenvalue weighted by molar-refractivity contribution is 7.19. The van der Waals surface area contributed by atoms with Crippen molar-refractivity contribution in [2.24, 2.45) is 0 Å². The van der Waals surface area contributed by atoms with Gasteiger partial charge in [-0.1, -0.05) is 11.3 Å². The van der Waals surface area contributed by atoms with Crippen LogP contribution in [-0.2, 0) is 4.74 Å². The van der Waals surface area contributed by atoms with Gasteiger partial charge in [0.1, 0.15) is 4.83 Å². The lowest BCUT2D eigenvalue weighted by Crippen LogP contribution is -2.27. The van der Waals surface area contributed by atoms with Crippen LogP contribution in [-0.4, -0.2) is 36.0 Å². The van der Waals surface area contributed by atoms with Crippen LogP contribution in [0, 0.1) is 0 Å². The van der Waals surface area contributed by atoms with Crippen molar-refractivity contribution >= 4 is 21.9 Å². The standard InChI is InChI=1S/C11H15N3O2S/c1-15-10-7-14-11(17-10)9(6-12-14)13-8-2-4-16-5-3-8/h6-8,13H,2-5H2,1H3. The number of anilines is 1. The van der Waals surface area contributed by atoms with Gasteiger partial charge in [-0.05, 0) is 12.8 Å². The van der Waals surface area contributed by atoms with Crippen molar-refractivity contribution in [1.82, 2.24) is 9.61 Å². The Kier molecular flexibility index (Phi) is 2.90. The summed E-state index contributed by atoms with van der Waals surface area (Å²) in [4.78, 5) is 1.10. The van der Waals surface area contributed by atoms with E-state index in [1.807, 2.05) is 16.9 Å². The maximum Gasteiger partial charge on any atom is 0.194 e. The van der Waals surface area contributed by atoms with E-state index in [1.54, 1.807) is 18.4 Å². The van der Waals surface area contributed by atoms with Crippen LogP contribution in [0.15, 0.2) is 12.4 Å². The van der Waals surface area contributed by atoms with Gasteiger partial charge in [-0.15, -0.1) is 0 Å². The van der Waals surface area contributed by atoms with Crippen LogP contribution in [0.3, 0.4) is 0 Å². The Morgan fingerprint density at radius 2 is 2.35 bits per heavy atom. The van der Waals surface area contributed by atoms with E-state index in [0.29, 0.717) is 6.04 Å². The molecule has 17 heavy (non-hydrogen) atoms. The van der Waals surface area contributed by atoms with Crippen LogP contribution in [0.4, 0.5) is 5.69 Å². The Bertz CT molecular complexity index is 502. The van der Waals surface area contributed by atoms with Crippen LogP contribution in [0.25, 0.3) is 4.83 Å². The molecular formula is C11H15N3O2S. The molecule has 1 aliphatic rings. The molecule has 2 aromatic rings. The number of hydrogen-bond acceptors (Lipinski definition) is 5. The third kappa shape index (κ3) is 2.10. The summed E-state index contributed by atoms with van der Waals surface area (Å²) in [6, 6.07) is 0.491. The minimum atomic E-state index is 0.491. The van der Waals surface area contributed by atoms with Gasteiger partial charge in [-0.25, -0.2) is 4.52 Å². The predicted octanol–water partition coefficient (Wildman–Crippen LogP) is 2.00. The Hall–Kier alpha value is -1.27. The van der Waals surface area contributed by atoms with Gasteiger partial charge in [0.15, 0.2) is 5.06 Å². The Balaban J connectivity index is 1.81. The molecule has 1 fully saturated rings. The lowest BCUT2D eigenvalue weighted by atomic mass is 10.1. The molecule has 0 radical (unpaired) electrons. The number of nitrogens with one attached hydrogen (secondary N) is 1. The Morgan fingerprint density at radius 1 is 1.53 bits per heavy atom. The Labute approximate surface area is 103 Å². The lowest BCUT2D eigenvalue weighted by Gasteiger charge is -2.23. The van der Waals surface area contributed by atoms with Crippen LogP contribution >= 0.6 is 11.3 Å². The minimum absolute atomic E-state index is 0.491. The summed E-state index contributed by atoms with van der Waals surface area (Å²) in [5, 5.41) is 8.72. The number of hydrogen-bond donors (Lipinski definition) is 1. The van der Waals surface area contributed by atoms with E-state index in [2.05, 4.69) is 10.4 Å². The summed E-state index contributed by atoms with van der Waals surface area (Å²) in [7, 11) is 1.68. The normalized spacial score (nSPS) is 17.5. The third-order valence-corrected chi connectivity index (χ3v) is 4.03. The summed E-state index contributed by atoms with van der Waals surface area (Å²) < 4.78 is 12.4. The summed E-state index contributed by atoms with van der Waals surface area (Å²) in [6.45, 7) is 1.69. The average molecular weight is 253 g/mol. The van der Waals surface area contributed by atoms with Crippen molar-refractivity contribution in [3.8, 4) is 5.06 Å². The fourth-order valence-electron chi connectivity index (χ4n) is 2.02. The number of ether oxygens (including phenoxy) is 2. The second kappa shape index (κ2) is 4.54. The number of methoxy groups -OCH3 is 1. The van der Waals surface area contributed by atoms with Gasteiger partial charge in [0.2, 0.25) is 0 Å². The van der Waals surface area contributed by atoms with Gasteiger partial charge in [0.05, 0.1) is 25.2 Å². The van der Waals surface area contributed by atoms with Crippen LogP contribution < -0.4 is 10.1 Å². The molecule has 0 saturated carbocycles. The van der Waals surface area contributed by atoms with E-state index in [0.717, 1.165) is 41.6 Å². The molecule has 0 atom stereocenters. The molecule has 0 aliphatic carbocycles. The number of nitrogens with zero attached hydrogens (tertiary/aromatic N) is 2. The van der Waals surface area contributed by atoms with E-state index < -0.39 is 0 Å². The second-order valence-electron chi connectivity index (χ2n) is 4.09. The van der Waals surface area contributed by atoms with Gasteiger partial charge in [0, 0.05) is 19.3 Å². The predicted molar refractivity (Wildman–Crippen MR) is 67.1 cm³/mol. The van der Waals surface area contributed by atoms with Crippen molar-refractivity contribution in [3.05, 3.63) is 12.4 Å². The first kappa shape index (κ1) is 10.9. The van der Waals surface area contributed by atoms with Crippen molar-refractivity contribution in [1.29, 1.82) is 0 Å². The van der Waals surface area contributed by atoms with Crippen molar-refractivity contribution in [2.45, 2.75) is 18.9 Å². The number of aromatic nitrogens is 2. The molecule has 0 bridgehead atoms. The SMILES string of the molecule is COc1cn2ncc(NC3CCOCC3)c2s1. The highest BCUT2D eigenvalue weighted by Crippen LogP contribution is 2.31. The van der Waals surface area contributed by atoms with Crippen molar-refractivity contribution in [3.63, 3.8) is 0 Å². The molecule has 0 amide bonds. The third-order valence-electron chi connectivity index (χ3n) is 2.96. The van der Waals surface area contributed by atoms with Gasteiger partial charge in [-0.2, -0.15) is 5.10 Å². The molecule has 0 unspecified atom stereocenters. The molecule has 3 heterocycles. The Morgan fingerprint density at radius 3 is 3.12 bits per heavy atom. The summed E-state index contributed by atoms with van der Waals surface area (Å²) >= 11 is 1.60. The maximum absolute atomic E-state index is 5.35. The van der Waals surface area contributed by atoms with Crippen molar-refractivity contribution < 1.29 is 9.47 Å². The fourth-order valence-corrected chi connectivity index (χ4v) is 2.86. The summed E-state index contributed by atoms with van der Waals surface area (Å²) in [5.74, 6) is 0. The minimum Gasteiger partial charge on any atom is -0.486 e. The van der Waals surface area contributed by atoms with Gasteiger partial charge >= 0.3 is 0 Å². The first-order chi connectivity index (χ1) is 8.36. The average Bonchev–Trinajstić information content (AvgIpc) is 2.92. The molecule has 2 aromatic heterocycles. The van der Waals surface area contributed by atoms with Gasteiger partial charge in [-0.3, -0.25) is 0 Å². The van der Waals surface area contributed by atoms with E-state index in [4.69, 9.17) is 9.47 Å². The molecule has 3 rings (SSSR count). The number of fused-ring (bicyclic) bond motifs is 1. The zero-order chi connectivity index (χ0) is 11.7. The highest BCUT2D eigenvalue weighted by atomic mass is 32.1. The molecule has 0 aromatic carbocycles. The van der Waals surface area contributed by atoms with Crippen LogP contribution in [0.5, 0.6) is 5.06 Å². The summed E-state index contributed by atoms with van der Waals surface area (Å²) in [6.07, 6.45) is 5.88. The maximum atomic E-state index is 5.35. The van der Waals surface area contributed by atoms with Crippen molar-refractivity contribution in [2.75, 3.05) is 25.6 Å². The summed E-state index contributed by atoms with van der Waals surface area (Å²) in [5.41, 5.74) is 1.09. The fraction of sp³-hybridized carbons (Fsp3) is 0.545. The largest absolute Gasteiger partial charge is 0.486 e. The van der Waals surface area contributed by atoms with E-state index in [9.17, 15) is 0 Å². The zero-order valence-corrected chi connectivity index (χ0v) is 10.5. The monoisotopic (exact) mass is 253 g/mol. The highest BCUT2D eigenvalue weighted by Gasteiger charge is 2.16. The molecule has 6 heteroatoms. The molecule has 92 valence electrons. The van der Waals surface area contributed by atoms with E-state index in [1.165, 1.54) is 0 Å². The molecule has 0 spiro atoms. The quantitative estimate of drug-likeness (QED) is 0.909. The van der Waals surface area contributed by atoms with Gasteiger partial charge < -0.3 is 14.8 Å². The first-order valence-corrected chi connectivity index (χ1v) is 6.54. The molecule has 1 aliphatic heterocycles. The topological polar surface area (TPSA) is 47.8 Å². The zero-order valence-electron chi connectivity index (χ0n) is 9.68.